The third kappa shape index (κ3) is 4.94. The van der Waals surface area contributed by atoms with Gasteiger partial charge in [-0.15, -0.1) is 0 Å². The summed E-state index contributed by atoms with van der Waals surface area (Å²) in [6.45, 7) is 8.41. The molecular weight excluding hydrogens is 262 g/mol. The summed E-state index contributed by atoms with van der Waals surface area (Å²) in [5.74, 6) is 4.16. The van der Waals surface area contributed by atoms with E-state index in [0.717, 1.165) is 29.0 Å². The van der Waals surface area contributed by atoms with E-state index in [-0.39, 0.29) is 0 Å². The monoisotopic (exact) mass is 297 g/mol. The first-order valence-corrected chi connectivity index (χ1v) is 10.1. The van der Waals surface area contributed by atoms with Gasteiger partial charge in [0.25, 0.3) is 0 Å². The average molecular weight is 298 g/mol. The van der Waals surface area contributed by atoms with Crippen LogP contribution in [0.3, 0.4) is 0 Å². The van der Waals surface area contributed by atoms with Crippen molar-refractivity contribution < 1.29 is 0 Å². The first-order chi connectivity index (χ1) is 9.70. The minimum Gasteiger partial charge on any atom is -0.313 e. The van der Waals surface area contributed by atoms with Gasteiger partial charge < -0.3 is 5.32 Å². The van der Waals surface area contributed by atoms with Crippen molar-refractivity contribution in [3.63, 3.8) is 0 Å². The first-order valence-electron chi connectivity index (χ1n) is 9.05. The van der Waals surface area contributed by atoms with E-state index in [9.17, 15) is 0 Å². The zero-order valence-corrected chi connectivity index (χ0v) is 14.7. The van der Waals surface area contributed by atoms with Gasteiger partial charge >= 0.3 is 0 Å². The van der Waals surface area contributed by atoms with E-state index in [1.165, 1.54) is 63.7 Å². The number of hydrogen-bond donors (Lipinski definition) is 1. The maximum absolute atomic E-state index is 3.88. The molecule has 0 spiro atoms. The molecule has 0 saturated heterocycles. The molecule has 1 nitrogen and oxygen atoms in total. The van der Waals surface area contributed by atoms with Crippen molar-refractivity contribution in [1.82, 2.24) is 5.32 Å². The Hall–Kier alpha value is 0.310. The fourth-order valence-corrected chi connectivity index (χ4v) is 5.48. The molecule has 2 heteroatoms. The summed E-state index contributed by atoms with van der Waals surface area (Å²) in [5, 5.41) is 4.85. The molecule has 4 atom stereocenters. The predicted octanol–water partition coefficient (Wildman–Crippen LogP) is 5.10. The molecule has 0 amide bonds. The van der Waals surface area contributed by atoms with Gasteiger partial charge in [-0.2, -0.15) is 11.8 Å². The van der Waals surface area contributed by atoms with Crippen LogP contribution >= 0.6 is 11.8 Å². The van der Waals surface area contributed by atoms with E-state index in [4.69, 9.17) is 0 Å². The highest BCUT2D eigenvalue weighted by Gasteiger charge is 2.30. The molecular formula is C18H35NS. The average Bonchev–Trinajstić information content (AvgIpc) is 2.95. The standard InChI is InChI=1S/C18H35NS/c1-4-11-19-18(13-20-17-7-5-6-8-17)16-10-9-14(2)15(3)12-16/h14-19H,4-13H2,1-3H3. The Morgan fingerprint density at radius 3 is 2.45 bits per heavy atom. The van der Waals surface area contributed by atoms with Gasteiger partial charge in [-0.05, 0) is 56.4 Å². The SMILES string of the molecule is CCCNC(CSC1CCCC1)C1CCC(C)C(C)C1. The zero-order chi connectivity index (χ0) is 14.4. The third-order valence-electron chi connectivity index (χ3n) is 5.68. The van der Waals surface area contributed by atoms with Gasteiger partial charge in [0.1, 0.15) is 0 Å². The molecule has 0 aliphatic heterocycles. The first kappa shape index (κ1) is 16.7. The fourth-order valence-electron chi connectivity index (χ4n) is 3.94. The molecule has 0 heterocycles. The van der Waals surface area contributed by atoms with Gasteiger partial charge in [0.05, 0.1) is 0 Å². The zero-order valence-electron chi connectivity index (χ0n) is 13.9. The van der Waals surface area contributed by atoms with Crippen LogP contribution < -0.4 is 5.32 Å². The van der Waals surface area contributed by atoms with Crippen molar-refractivity contribution in [2.45, 2.75) is 83.4 Å². The van der Waals surface area contributed by atoms with Crippen LogP contribution in [0.4, 0.5) is 0 Å². The summed E-state index contributed by atoms with van der Waals surface area (Å²) in [6, 6.07) is 0.774. The summed E-state index contributed by atoms with van der Waals surface area (Å²) in [4.78, 5) is 0. The molecule has 2 fully saturated rings. The van der Waals surface area contributed by atoms with Gasteiger partial charge in [-0.25, -0.2) is 0 Å². The molecule has 0 aromatic rings. The smallest absolute Gasteiger partial charge is 0.0186 e. The van der Waals surface area contributed by atoms with Crippen LogP contribution in [0.5, 0.6) is 0 Å². The van der Waals surface area contributed by atoms with Crippen LogP contribution in [-0.4, -0.2) is 23.6 Å². The van der Waals surface area contributed by atoms with Crippen LogP contribution in [-0.2, 0) is 0 Å². The largest absolute Gasteiger partial charge is 0.313 e. The second kappa shape index (κ2) is 8.68. The molecule has 1 N–H and O–H groups in total. The van der Waals surface area contributed by atoms with E-state index in [0.29, 0.717) is 0 Å². The van der Waals surface area contributed by atoms with Gasteiger partial charge in [0.2, 0.25) is 0 Å². The molecule has 118 valence electrons. The molecule has 0 radical (unpaired) electrons. The minimum atomic E-state index is 0.774. The van der Waals surface area contributed by atoms with Gasteiger partial charge in [-0.3, -0.25) is 0 Å². The topological polar surface area (TPSA) is 12.0 Å². The maximum atomic E-state index is 3.88. The normalized spacial score (nSPS) is 33.5. The number of rotatable bonds is 7. The molecule has 0 bridgehead atoms. The van der Waals surface area contributed by atoms with Crippen molar-refractivity contribution in [1.29, 1.82) is 0 Å². The minimum absolute atomic E-state index is 0.774. The second-order valence-corrected chi connectivity index (χ2v) is 8.66. The molecule has 0 aromatic carbocycles. The Balaban J connectivity index is 1.81. The van der Waals surface area contributed by atoms with Crippen molar-refractivity contribution in [3.05, 3.63) is 0 Å². The van der Waals surface area contributed by atoms with Crippen LogP contribution in [0.25, 0.3) is 0 Å². The highest BCUT2D eigenvalue weighted by atomic mass is 32.2. The van der Waals surface area contributed by atoms with E-state index in [1.807, 2.05) is 0 Å². The van der Waals surface area contributed by atoms with E-state index in [1.54, 1.807) is 0 Å². The van der Waals surface area contributed by atoms with Crippen LogP contribution in [0, 0.1) is 17.8 Å². The molecule has 2 aliphatic rings. The van der Waals surface area contributed by atoms with Crippen LogP contribution in [0.15, 0.2) is 0 Å². The van der Waals surface area contributed by atoms with Crippen molar-refractivity contribution >= 4 is 11.8 Å². The molecule has 2 saturated carbocycles. The Morgan fingerprint density at radius 2 is 1.80 bits per heavy atom. The molecule has 0 aromatic heterocycles. The molecule has 20 heavy (non-hydrogen) atoms. The summed E-state index contributed by atoms with van der Waals surface area (Å²) >= 11 is 2.28. The third-order valence-corrected chi connectivity index (χ3v) is 7.17. The van der Waals surface area contributed by atoms with Crippen molar-refractivity contribution in [2.24, 2.45) is 17.8 Å². The number of hydrogen-bond acceptors (Lipinski definition) is 2. The molecule has 4 unspecified atom stereocenters. The van der Waals surface area contributed by atoms with E-state index in [2.05, 4.69) is 37.8 Å². The lowest BCUT2D eigenvalue weighted by Gasteiger charge is -2.37. The quantitative estimate of drug-likeness (QED) is 0.701. The second-order valence-electron chi connectivity index (χ2n) is 7.33. The lowest BCUT2D eigenvalue weighted by molar-refractivity contribution is 0.178. The summed E-state index contributed by atoms with van der Waals surface area (Å²) in [6.07, 6.45) is 11.5. The van der Waals surface area contributed by atoms with Gasteiger partial charge in [0.15, 0.2) is 0 Å². The summed E-state index contributed by atoms with van der Waals surface area (Å²) < 4.78 is 0. The molecule has 2 rings (SSSR count). The van der Waals surface area contributed by atoms with Crippen LogP contribution in [0.2, 0.25) is 0 Å². The summed E-state index contributed by atoms with van der Waals surface area (Å²) in [5.41, 5.74) is 0. The van der Waals surface area contributed by atoms with Gasteiger partial charge in [-0.1, -0.05) is 40.0 Å². The fraction of sp³-hybridized carbons (Fsp3) is 1.00. The highest BCUT2D eigenvalue weighted by molar-refractivity contribution is 7.99. The van der Waals surface area contributed by atoms with Crippen molar-refractivity contribution in [3.8, 4) is 0 Å². The summed E-state index contributed by atoms with van der Waals surface area (Å²) in [7, 11) is 0. The predicted molar refractivity (Wildman–Crippen MR) is 92.5 cm³/mol. The lowest BCUT2D eigenvalue weighted by Crippen LogP contribution is -2.42. The van der Waals surface area contributed by atoms with E-state index >= 15 is 0 Å². The Kier molecular flexibility index (Phi) is 7.24. The number of nitrogens with one attached hydrogen (secondary N) is 1. The van der Waals surface area contributed by atoms with Crippen LogP contribution in [0.1, 0.15) is 72.1 Å². The Labute approximate surface area is 131 Å². The van der Waals surface area contributed by atoms with Gasteiger partial charge in [0, 0.05) is 17.0 Å². The lowest BCUT2D eigenvalue weighted by atomic mass is 9.73. The maximum Gasteiger partial charge on any atom is 0.0186 e. The highest BCUT2D eigenvalue weighted by Crippen LogP contribution is 2.37. The molecule has 2 aliphatic carbocycles. The number of thioether (sulfide) groups is 1. The Morgan fingerprint density at radius 1 is 1.05 bits per heavy atom. The Bertz CT molecular complexity index is 262. The van der Waals surface area contributed by atoms with E-state index < -0.39 is 0 Å². The van der Waals surface area contributed by atoms with Crippen molar-refractivity contribution in [2.75, 3.05) is 12.3 Å².